The van der Waals surface area contributed by atoms with Gasteiger partial charge in [-0.05, 0) is 55.4 Å². The first-order chi connectivity index (χ1) is 13.4. The third-order valence-electron chi connectivity index (χ3n) is 7.11. The predicted molar refractivity (Wildman–Crippen MR) is 107 cm³/mol. The Bertz CT molecular complexity index is 1120. The van der Waals surface area contributed by atoms with Gasteiger partial charge in [0.05, 0.1) is 5.41 Å². The quantitative estimate of drug-likeness (QED) is 0.616. The average molecular weight is 396 g/mol. The smallest absolute Gasteiger partial charge is 0.203 e. The molecule has 2 bridgehead atoms. The van der Waals surface area contributed by atoms with Crippen LogP contribution in [0, 0.1) is 18.3 Å². The number of benzene rings is 1. The summed E-state index contributed by atoms with van der Waals surface area (Å²) in [4.78, 5) is 13.0. The summed E-state index contributed by atoms with van der Waals surface area (Å²) in [5, 5.41) is 9.60. The molecule has 2 aliphatic rings. The van der Waals surface area contributed by atoms with Crippen LogP contribution in [-0.2, 0) is 10.2 Å². The molecular formula is C22H22ClN3O2. The van der Waals surface area contributed by atoms with Crippen molar-refractivity contribution in [2.45, 2.75) is 45.4 Å². The Morgan fingerprint density at radius 3 is 2.68 bits per heavy atom. The van der Waals surface area contributed by atoms with Gasteiger partial charge in [-0.25, -0.2) is 0 Å². The molecule has 144 valence electrons. The van der Waals surface area contributed by atoms with E-state index in [1.807, 2.05) is 47.9 Å². The Morgan fingerprint density at radius 1 is 1.18 bits per heavy atom. The van der Waals surface area contributed by atoms with Gasteiger partial charge in [0.25, 0.3) is 0 Å². The minimum Gasteiger partial charge on any atom is -0.453 e. The summed E-state index contributed by atoms with van der Waals surface area (Å²) in [6.45, 7) is 6.32. The van der Waals surface area contributed by atoms with E-state index in [-0.39, 0.29) is 5.41 Å². The van der Waals surface area contributed by atoms with Crippen LogP contribution in [0.4, 0.5) is 0 Å². The number of carbonyl (C=O) groups is 1. The number of carbonyl (C=O) groups excluding carboxylic acids is 1. The highest BCUT2D eigenvalue weighted by Gasteiger charge is 2.67. The fourth-order valence-electron chi connectivity index (χ4n) is 5.28. The van der Waals surface area contributed by atoms with Gasteiger partial charge in [-0.3, -0.25) is 9.20 Å². The second-order valence-corrected chi connectivity index (χ2v) is 8.95. The van der Waals surface area contributed by atoms with Crippen molar-refractivity contribution < 1.29 is 9.53 Å². The Balaban J connectivity index is 1.64. The number of pyridine rings is 1. The lowest BCUT2D eigenvalue weighted by atomic mass is 9.68. The van der Waals surface area contributed by atoms with Crippen molar-refractivity contribution in [2.75, 3.05) is 0 Å². The molecule has 2 aromatic heterocycles. The van der Waals surface area contributed by atoms with E-state index in [0.29, 0.717) is 40.3 Å². The second kappa shape index (κ2) is 5.80. The van der Waals surface area contributed by atoms with Gasteiger partial charge in [-0.2, -0.15) is 0 Å². The van der Waals surface area contributed by atoms with Gasteiger partial charge in [0, 0.05) is 23.2 Å². The van der Waals surface area contributed by atoms with Crippen LogP contribution in [-0.4, -0.2) is 20.4 Å². The number of ketones is 1. The predicted octanol–water partition coefficient (Wildman–Crippen LogP) is 5.13. The normalized spacial score (nSPS) is 25.6. The van der Waals surface area contributed by atoms with Crippen molar-refractivity contribution in [3.63, 3.8) is 0 Å². The molecule has 0 amide bonds. The highest BCUT2D eigenvalue weighted by molar-refractivity contribution is 6.31. The highest BCUT2D eigenvalue weighted by atomic mass is 35.5. The van der Waals surface area contributed by atoms with Gasteiger partial charge < -0.3 is 4.74 Å². The number of hydrogen-bond donors (Lipinski definition) is 0. The lowest BCUT2D eigenvalue weighted by Gasteiger charge is -2.34. The van der Waals surface area contributed by atoms with Crippen LogP contribution in [0.15, 0.2) is 36.5 Å². The van der Waals surface area contributed by atoms with Crippen molar-refractivity contribution in [2.24, 2.45) is 11.3 Å². The molecule has 2 saturated carbocycles. The minimum absolute atomic E-state index is 0.118. The largest absolute Gasteiger partial charge is 0.453 e. The van der Waals surface area contributed by atoms with Gasteiger partial charge in [0.2, 0.25) is 5.65 Å². The molecule has 28 heavy (non-hydrogen) atoms. The van der Waals surface area contributed by atoms with Gasteiger partial charge in [-0.1, -0.05) is 31.5 Å². The first-order valence-corrected chi connectivity index (χ1v) is 10.0. The first-order valence-electron chi connectivity index (χ1n) is 9.67. The molecule has 0 saturated heterocycles. The second-order valence-electron chi connectivity index (χ2n) is 8.54. The molecule has 0 radical (unpaired) electrons. The summed E-state index contributed by atoms with van der Waals surface area (Å²) in [5.41, 5.74) is 0.801. The molecule has 3 aromatic rings. The number of hydrogen-bond acceptors (Lipinski definition) is 4. The Morgan fingerprint density at radius 2 is 1.96 bits per heavy atom. The Kier molecular flexibility index (Phi) is 3.66. The summed E-state index contributed by atoms with van der Waals surface area (Å²) >= 11 is 6.23. The first kappa shape index (κ1) is 17.7. The van der Waals surface area contributed by atoms with Crippen LogP contribution < -0.4 is 4.74 Å². The Hall–Kier alpha value is -2.40. The molecule has 5 nitrogen and oxygen atoms in total. The van der Waals surface area contributed by atoms with E-state index in [0.717, 1.165) is 24.2 Å². The van der Waals surface area contributed by atoms with Gasteiger partial charge in [-0.15, -0.1) is 10.2 Å². The van der Waals surface area contributed by atoms with Crippen LogP contribution in [0.3, 0.4) is 0 Å². The molecule has 0 unspecified atom stereocenters. The van der Waals surface area contributed by atoms with Crippen LogP contribution >= 0.6 is 11.6 Å². The molecule has 0 N–H and O–H groups in total. The molecular weight excluding hydrogens is 374 g/mol. The summed E-state index contributed by atoms with van der Waals surface area (Å²) in [7, 11) is 0. The van der Waals surface area contributed by atoms with Gasteiger partial charge >= 0.3 is 0 Å². The van der Waals surface area contributed by atoms with E-state index in [2.05, 4.69) is 24.0 Å². The monoisotopic (exact) mass is 395 g/mol. The zero-order valence-electron chi connectivity index (χ0n) is 16.2. The summed E-state index contributed by atoms with van der Waals surface area (Å²) < 4.78 is 8.08. The maximum absolute atomic E-state index is 13.0. The van der Waals surface area contributed by atoms with Crippen molar-refractivity contribution in [3.8, 4) is 11.5 Å². The average Bonchev–Trinajstić information content (AvgIpc) is 3.26. The fourth-order valence-corrected chi connectivity index (χ4v) is 5.45. The third kappa shape index (κ3) is 2.11. The number of rotatable bonds is 3. The van der Waals surface area contributed by atoms with Crippen molar-refractivity contribution in [1.29, 1.82) is 0 Å². The topological polar surface area (TPSA) is 56.5 Å². The molecule has 1 aromatic carbocycles. The van der Waals surface area contributed by atoms with Crippen LogP contribution in [0.1, 0.15) is 44.5 Å². The molecule has 6 heteroatoms. The lowest BCUT2D eigenvalue weighted by molar-refractivity contribution is -0.124. The molecule has 0 aliphatic heterocycles. The van der Waals surface area contributed by atoms with Crippen molar-refractivity contribution >= 4 is 23.0 Å². The standard InChI is InChI=1S/C22H22ClN3O2/c1-13-15(23)6-4-7-16(13)28-17-8-5-11-26-19(17)24-25-20(26)22-10-9-14(12-18(22)27)21(22,2)3/h4-8,11,14H,9-10,12H2,1-3H3/t14-,22+/m1/s1. The summed E-state index contributed by atoms with van der Waals surface area (Å²) in [6, 6.07) is 9.35. The van der Waals surface area contributed by atoms with Gasteiger partial charge in [0.15, 0.2) is 11.6 Å². The number of nitrogens with zero attached hydrogens (tertiary/aromatic N) is 3. The zero-order chi connectivity index (χ0) is 19.7. The number of Topliss-reactive ketones (excluding diaryl/α,β-unsaturated/α-hetero) is 1. The van der Waals surface area contributed by atoms with Crippen LogP contribution in [0.5, 0.6) is 11.5 Å². The number of fused-ring (bicyclic) bond motifs is 3. The van der Waals surface area contributed by atoms with Crippen molar-refractivity contribution in [1.82, 2.24) is 14.6 Å². The molecule has 2 heterocycles. The van der Waals surface area contributed by atoms with E-state index in [9.17, 15) is 4.79 Å². The highest BCUT2D eigenvalue weighted by Crippen LogP contribution is 2.64. The summed E-state index contributed by atoms with van der Waals surface area (Å²) in [5.74, 6) is 2.73. The maximum Gasteiger partial charge on any atom is 0.203 e. The van der Waals surface area contributed by atoms with Gasteiger partial charge in [0.1, 0.15) is 11.5 Å². The minimum atomic E-state index is -0.568. The van der Waals surface area contributed by atoms with Crippen molar-refractivity contribution in [3.05, 3.63) is 52.9 Å². The number of halogens is 1. The molecule has 2 aliphatic carbocycles. The van der Waals surface area contributed by atoms with Crippen LogP contribution in [0.25, 0.3) is 5.65 Å². The van der Waals surface area contributed by atoms with E-state index < -0.39 is 5.41 Å². The SMILES string of the molecule is Cc1c(Cl)cccc1Oc1cccn2c([C@]34CC[C@H](CC3=O)C4(C)C)nnc12. The molecule has 0 spiro atoms. The third-order valence-corrected chi connectivity index (χ3v) is 7.52. The fraction of sp³-hybridized carbons (Fsp3) is 0.409. The molecule has 5 rings (SSSR count). The molecule has 2 atom stereocenters. The van der Waals surface area contributed by atoms with E-state index >= 15 is 0 Å². The Labute approximate surface area is 168 Å². The number of aromatic nitrogens is 3. The zero-order valence-corrected chi connectivity index (χ0v) is 17.0. The van der Waals surface area contributed by atoms with Crippen LogP contribution in [0.2, 0.25) is 5.02 Å². The number of ether oxygens (including phenoxy) is 1. The maximum atomic E-state index is 13.0. The van der Waals surface area contributed by atoms with E-state index in [1.54, 1.807) is 0 Å². The molecule has 2 fully saturated rings. The summed E-state index contributed by atoms with van der Waals surface area (Å²) in [6.07, 6.45) is 4.46. The lowest BCUT2D eigenvalue weighted by Crippen LogP contribution is -2.42. The van der Waals surface area contributed by atoms with E-state index in [1.165, 1.54) is 0 Å². The van der Waals surface area contributed by atoms with E-state index in [4.69, 9.17) is 16.3 Å².